The molecule has 2 rings (SSSR count). The standard InChI is InChI=1S/C16H21FN2O4/c1-16(2,3)13(14(20)21)18-15(22)19-8-10(9-19)23-12-7-5-4-6-11(12)17/h4-7,10,13H,8-9H2,1-3H3,(H,18,22)(H,20,21)/t13-/m1/s1. The fourth-order valence-electron chi connectivity index (χ4n) is 2.26. The van der Waals surface area contributed by atoms with Crippen LogP contribution in [-0.4, -0.2) is 47.2 Å². The molecule has 0 aromatic heterocycles. The van der Waals surface area contributed by atoms with E-state index in [9.17, 15) is 19.1 Å². The van der Waals surface area contributed by atoms with Crippen molar-refractivity contribution in [2.75, 3.05) is 13.1 Å². The normalized spacial score (nSPS) is 16.4. The van der Waals surface area contributed by atoms with E-state index in [1.807, 2.05) is 0 Å². The number of hydrogen-bond donors (Lipinski definition) is 2. The number of nitrogens with zero attached hydrogens (tertiary/aromatic N) is 1. The number of amides is 2. The first-order chi connectivity index (χ1) is 10.7. The van der Waals surface area contributed by atoms with Crippen LogP contribution in [0.1, 0.15) is 20.8 Å². The zero-order chi connectivity index (χ0) is 17.2. The van der Waals surface area contributed by atoms with Crippen LogP contribution in [0, 0.1) is 11.2 Å². The Morgan fingerprint density at radius 3 is 2.48 bits per heavy atom. The summed E-state index contributed by atoms with van der Waals surface area (Å²) in [6.45, 7) is 5.80. The lowest BCUT2D eigenvalue weighted by Gasteiger charge is -2.40. The molecule has 0 radical (unpaired) electrons. The average molecular weight is 324 g/mol. The van der Waals surface area contributed by atoms with Gasteiger partial charge in [-0.2, -0.15) is 0 Å². The lowest BCUT2D eigenvalue weighted by atomic mass is 9.87. The van der Waals surface area contributed by atoms with Gasteiger partial charge in [0, 0.05) is 0 Å². The predicted octanol–water partition coefficient (Wildman–Crippen LogP) is 2.10. The quantitative estimate of drug-likeness (QED) is 0.889. The molecule has 1 heterocycles. The summed E-state index contributed by atoms with van der Waals surface area (Å²) in [5, 5.41) is 11.7. The number of nitrogens with one attached hydrogen (secondary N) is 1. The first-order valence-electron chi connectivity index (χ1n) is 7.38. The van der Waals surface area contributed by atoms with Gasteiger partial charge in [-0.1, -0.05) is 32.9 Å². The zero-order valence-electron chi connectivity index (χ0n) is 13.4. The number of carbonyl (C=O) groups is 2. The first kappa shape index (κ1) is 17.1. The monoisotopic (exact) mass is 324 g/mol. The average Bonchev–Trinajstić information content (AvgIpc) is 2.39. The molecular formula is C16H21FN2O4. The second-order valence-corrected chi connectivity index (χ2v) is 6.66. The zero-order valence-corrected chi connectivity index (χ0v) is 13.4. The molecule has 0 saturated carbocycles. The summed E-state index contributed by atoms with van der Waals surface area (Å²) in [4.78, 5) is 24.8. The largest absolute Gasteiger partial charge is 0.484 e. The predicted molar refractivity (Wildman–Crippen MR) is 81.8 cm³/mol. The van der Waals surface area contributed by atoms with E-state index in [0.717, 1.165) is 0 Å². The minimum Gasteiger partial charge on any atom is -0.484 e. The van der Waals surface area contributed by atoms with E-state index in [1.54, 1.807) is 32.9 Å². The van der Waals surface area contributed by atoms with Crippen LogP contribution < -0.4 is 10.1 Å². The number of rotatable bonds is 4. The van der Waals surface area contributed by atoms with Crippen LogP contribution in [-0.2, 0) is 4.79 Å². The minimum atomic E-state index is -1.08. The van der Waals surface area contributed by atoms with E-state index >= 15 is 0 Å². The van der Waals surface area contributed by atoms with Gasteiger partial charge in [0.15, 0.2) is 11.6 Å². The Morgan fingerprint density at radius 2 is 1.96 bits per heavy atom. The Balaban J connectivity index is 1.86. The Labute approximate surface area is 134 Å². The summed E-state index contributed by atoms with van der Waals surface area (Å²) in [7, 11) is 0. The highest BCUT2D eigenvalue weighted by Crippen LogP contribution is 2.23. The molecule has 1 aromatic carbocycles. The number of benzene rings is 1. The summed E-state index contributed by atoms with van der Waals surface area (Å²) < 4.78 is 18.9. The van der Waals surface area contributed by atoms with E-state index < -0.39 is 29.3 Å². The highest BCUT2D eigenvalue weighted by Gasteiger charge is 2.38. The smallest absolute Gasteiger partial charge is 0.326 e. The summed E-state index contributed by atoms with van der Waals surface area (Å²) in [5.41, 5.74) is -0.602. The fourth-order valence-corrected chi connectivity index (χ4v) is 2.26. The maximum atomic E-state index is 13.5. The third kappa shape index (κ3) is 4.12. The van der Waals surface area contributed by atoms with Gasteiger partial charge in [0.2, 0.25) is 0 Å². The Hall–Kier alpha value is -2.31. The van der Waals surface area contributed by atoms with Gasteiger partial charge in [-0.15, -0.1) is 0 Å². The molecule has 1 aliphatic rings. The Kier molecular flexibility index (Phi) is 4.77. The van der Waals surface area contributed by atoms with Crippen LogP contribution in [0.5, 0.6) is 5.75 Å². The van der Waals surface area contributed by atoms with Crippen LogP contribution in [0.4, 0.5) is 9.18 Å². The number of para-hydroxylation sites is 1. The maximum absolute atomic E-state index is 13.5. The molecule has 1 fully saturated rings. The van der Waals surface area contributed by atoms with Crippen LogP contribution >= 0.6 is 0 Å². The number of aliphatic carboxylic acids is 1. The third-order valence-corrected chi connectivity index (χ3v) is 3.65. The summed E-state index contributed by atoms with van der Waals surface area (Å²) in [6, 6.07) is 4.63. The van der Waals surface area contributed by atoms with Crippen molar-refractivity contribution in [3.63, 3.8) is 0 Å². The van der Waals surface area contributed by atoms with Crippen molar-refractivity contribution in [3.05, 3.63) is 30.1 Å². The van der Waals surface area contributed by atoms with E-state index in [2.05, 4.69) is 5.32 Å². The molecule has 6 nitrogen and oxygen atoms in total. The highest BCUT2D eigenvalue weighted by molar-refractivity contribution is 5.83. The molecule has 7 heteroatoms. The van der Waals surface area contributed by atoms with E-state index in [4.69, 9.17) is 4.74 Å². The molecule has 0 aliphatic carbocycles. The van der Waals surface area contributed by atoms with Crippen molar-refractivity contribution in [2.45, 2.75) is 32.9 Å². The summed E-state index contributed by atoms with van der Waals surface area (Å²) >= 11 is 0. The molecule has 0 spiro atoms. The molecule has 1 aromatic rings. The van der Waals surface area contributed by atoms with Gasteiger partial charge in [-0.05, 0) is 17.5 Å². The molecular weight excluding hydrogens is 303 g/mol. The van der Waals surface area contributed by atoms with Gasteiger partial charge in [-0.3, -0.25) is 0 Å². The highest BCUT2D eigenvalue weighted by atomic mass is 19.1. The number of halogens is 1. The molecule has 1 aliphatic heterocycles. The van der Waals surface area contributed by atoms with Gasteiger partial charge >= 0.3 is 12.0 Å². The van der Waals surface area contributed by atoms with Crippen LogP contribution in [0.15, 0.2) is 24.3 Å². The fraction of sp³-hybridized carbons (Fsp3) is 0.500. The van der Waals surface area contributed by atoms with Crippen molar-refractivity contribution in [3.8, 4) is 5.75 Å². The lowest BCUT2D eigenvalue weighted by Crippen LogP contribution is -2.62. The molecule has 2 amide bonds. The number of urea groups is 1. The molecule has 126 valence electrons. The van der Waals surface area contributed by atoms with Crippen LogP contribution in [0.3, 0.4) is 0 Å². The van der Waals surface area contributed by atoms with Crippen LogP contribution in [0.25, 0.3) is 0 Å². The number of hydrogen-bond acceptors (Lipinski definition) is 3. The summed E-state index contributed by atoms with van der Waals surface area (Å²) in [5.74, 6) is -1.38. The molecule has 1 atom stereocenters. The van der Waals surface area contributed by atoms with Crippen molar-refractivity contribution in [1.82, 2.24) is 10.2 Å². The number of ether oxygens (including phenoxy) is 1. The number of carboxylic acid groups (broad SMARTS) is 1. The van der Waals surface area contributed by atoms with Gasteiger partial charge in [0.05, 0.1) is 13.1 Å². The van der Waals surface area contributed by atoms with Crippen molar-refractivity contribution < 1.29 is 23.8 Å². The number of carbonyl (C=O) groups excluding carboxylic acids is 1. The van der Waals surface area contributed by atoms with E-state index in [0.29, 0.717) is 0 Å². The van der Waals surface area contributed by atoms with Gasteiger partial charge in [-0.25, -0.2) is 14.0 Å². The van der Waals surface area contributed by atoms with Gasteiger partial charge in [0.1, 0.15) is 12.1 Å². The number of carboxylic acids is 1. The van der Waals surface area contributed by atoms with Gasteiger partial charge in [0.25, 0.3) is 0 Å². The molecule has 2 N–H and O–H groups in total. The molecule has 23 heavy (non-hydrogen) atoms. The Morgan fingerprint density at radius 1 is 1.35 bits per heavy atom. The van der Waals surface area contributed by atoms with Crippen molar-refractivity contribution in [1.29, 1.82) is 0 Å². The van der Waals surface area contributed by atoms with Crippen molar-refractivity contribution >= 4 is 12.0 Å². The number of likely N-dealkylation sites (tertiary alicyclic amines) is 1. The van der Waals surface area contributed by atoms with Gasteiger partial charge < -0.3 is 20.1 Å². The molecule has 0 unspecified atom stereocenters. The van der Waals surface area contributed by atoms with Crippen molar-refractivity contribution in [2.24, 2.45) is 5.41 Å². The maximum Gasteiger partial charge on any atom is 0.326 e. The SMILES string of the molecule is CC(C)(C)[C@H](NC(=O)N1CC(Oc2ccccc2F)C1)C(=O)O. The second kappa shape index (κ2) is 6.44. The molecule has 1 saturated heterocycles. The van der Waals surface area contributed by atoms with E-state index in [-0.39, 0.29) is 24.9 Å². The van der Waals surface area contributed by atoms with Crippen LogP contribution in [0.2, 0.25) is 0 Å². The lowest BCUT2D eigenvalue weighted by molar-refractivity contribution is -0.142. The summed E-state index contributed by atoms with van der Waals surface area (Å²) in [6.07, 6.45) is -0.296. The Bertz CT molecular complexity index is 594. The molecule has 0 bridgehead atoms. The topological polar surface area (TPSA) is 78.9 Å². The first-order valence-corrected chi connectivity index (χ1v) is 7.38. The second-order valence-electron chi connectivity index (χ2n) is 6.66. The minimum absolute atomic E-state index is 0.149. The third-order valence-electron chi connectivity index (χ3n) is 3.65. The van der Waals surface area contributed by atoms with E-state index in [1.165, 1.54) is 17.0 Å².